The molecule has 0 aliphatic heterocycles. The molecule has 0 bridgehead atoms. The Morgan fingerprint density at radius 3 is 3.00 bits per heavy atom. The molecule has 1 atom stereocenters. The van der Waals surface area contributed by atoms with Crippen molar-refractivity contribution in [3.05, 3.63) is 11.5 Å². The number of rotatable bonds is 3. The number of anilines is 1. The van der Waals surface area contributed by atoms with E-state index in [4.69, 9.17) is 10.2 Å². The highest BCUT2D eigenvalue weighted by molar-refractivity contribution is 5.30. The lowest BCUT2D eigenvalue weighted by atomic mass is 10.3. The first-order chi connectivity index (χ1) is 6.66. The maximum absolute atomic E-state index is 5.71. The van der Waals surface area contributed by atoms with Gasteiger partial charge in [-0.25, -0.2) is 0 Å². The summed E-state index contributed by atoms with van der Waals surface area (Å²) in [6.07, 6.45) is 3.28. The van der Waals surface area contributed by atoms with E-state index in [1.165, 1.54) is 6.42 Å². The first-order valence-electron chi connectivity index (χ1n) is 5.12. The lowest BCUT2D eigenvalue weighted by Crippen LogP contribution is -2.32. The average Bonchev–Trinajstić information content (AvgIpc) is 2.58. The maximum atomic E-state index is 5.71. The van der Waals surface area contributed by atoms with E-state index >= 15 is 0 Å². The predicted molar refractivity (Wildman–Crippen MR) is 55.4 cm³/mol. The van der Waals surface area contributed by atoms with Crippen molar-refractivity contribution in [3.63, 3.8) is 0 Å². The highest BCUT2D eigenvalue weighted by Gasteiger charge is 2.20. The number of likely N-dealkylation sites (N-methyl/N-ethyl adjacent to an activating group) is 1. The van der Waals surface area contributed by atoms with Crippen LogP contribution in [0.4, 0.5) is 6.01 Å². The second kappa shape index (κ2) is 3.61. The molecule has 2 N–H and O–H groups in total. The summed E-state index contributed by atoms with van der Waals surface area (Å²) < 4.78 is 5.65. The van der Waals surface area contributed by atoms with Crippen LogP contribution in [0.25, 0.3) is 0 Å². The van der Waals surface area contributed by atoms with Gasteiger partial charge in [0.15, 0.2) is 0 Å². The molecule has 0 fully saturated rings. The fraction of sp³-hybridized carbons (Fsp3) is 0.700. The zero-order valence-electron chi connectivity index (χ0n) is 8.79. The molecule has 4 nitrogen and oxygen atoms in total. The minimum atomic E-state index is 0.141. The van der Waals surface area contributed by atoms with Crippen LogP contribution in [0.15, 0.2) is 4.42 Å². The Hall–Kier alpha value is -1.03. The van der Waals surface area contributed by atoms with Crippen LogP contribution in [-0.4, -0.2) is 24.6 Å². The molecule has 0 saturated carbocycles. The molecule has 14 heavy (non-hydrogen) atoms. The van der Waals surface area contributed by atoms with Gasteiger partial charge in [-0.2, -0.15) is 4.98 Å². The SMILES string of the molecule is CC(N)CN(C)c1nc2c(o1)CCC2. The number of nitrogens with zero attached hydrogens (tertiary/aromatic N) is 2. The first-order valence-corrected chi connectivity index (χ1v) is 5.12. The van der Waals surface area contributed by atoms with Gasteiger partial charge in [-0.05, 0) is 19.8 Å². The van der Waals surface area contributed by atoms with Crippen LogP contribution in [0.5, 0.6) is 0 Å². The van der Waals surface area contributed by atoms with Crippen molar-refractivity contribution in [1.29, 1.82) is 0 Å². The van der Waals surface area contributed by atoms with Crippen molar-refractivity contribution in [2.45, 2.75) is 32.2 Å². The van der Waals surface area contributed by atoms with Crippen LogP contribution in [-0.2, 0) is 12.8 Å². The molecule has 1 aromatic rings. The highest BCUT2D eigenvalue weighted by atomic mass is 16.4. The molecule has 1 heterocycles. The van der Waals surface area contributed by atoms with Gasteiger partial charge in [-0.15, -0.1) is 0 Å². The Balaban J connectivity index is 2.09. The zero-order valence-corrected chi connectivity index (χ0v) is 8.79. The van der Waals surface area contributed by atoms with Crippen LogP contribution in [0, 0.1) is 0 Å². The fourth-order valence-corrected chi connectivity index (χ4v) is 1.85. The summed E-state index contributed by atoms with van der Waals surface area (Å²) in [5.74, 6) is 1.07. The van der Waals surface area contributed by atoms with Crippen molar-refractivity contribution < 1.29 is 4.42 Å². The molecular weight excluding hydrogens is 178 g/mol. The van der Waals surface area contributed by atoms with E-state index in [9.17, 15) is 0 Å². The third-order valence-electron chi connectivity index (χ3n) is 2.47. The smallest absolute Gasteiger partial charge is 0.297 e. The quantitative estimate of drug-likeness (QED) is 0.780. The molecule has 0 spiro atoms. The monoisotopic (exact) mass is 195 g/mol. The molecule has 0 radical (unpaired) electrons. The van der Waals surface area contributed by atoms with Gasteiger partial charge in [0.1, 0.15) is 5.76 Å². The molecule has 0 aromatic carbocycles. The lowest BCUT2D eigenvalue weighted by Gasteiger charge is -2.16. The number of nitrogens with two attached hydrogens (primary N) is 1. The van der Waals surface area contributed by atoms with E-state index in [1.807, 2.05) is 18.9 Å². The van der Waals surface area contributed by atoms with E-state index in [-0.39, 0.29) is 6.04 Å². The molecule has 0 saturated heterocycles. The second-order valence-electron chi connectivity index (χ2n) is 4.08. The van der Waals surface area contributed by atoms with Gasteiger partial charge >= 0.3 is 0 Å². The minimum Gasteiger partial charge on any atom is -0.428 e. The Bertz CT molecular complexity index is 298. The topological polar surface area (TPSA) is 55.3 Å². The van der Waals surface area contributed by atoms with Gasteiger partial charge in [0.25, 0.3) is 6.01 Å². The number of fused-ring (bicyclic) bond motifs is 1. The number of hydrogen-bond donors (Lipinski definition) is 1. The molecular formula is C10H17N3O. The van der Waals surface area contributed by atoms with Gasteiger partial charge in [-0.1, -0.05) is 0 Å². The summed E-state index contributed by atoms with van der Waals surface area (Å²) in [5.41, 5.74) is 6.85. The van der Waals surface area contributed by atoms with Crippen LogP contribution < -0.4 is 10.6 Å². The molecule has 78 valence electrons. The van der Waals surface area contributed by atoms with Crippen molar-refractivity contribution in [3.8, 4) is 0 Å². The number of oxazole rings is 1. The fourth-order valence-electron chi connectivity index (χ4n) is 1.85. The van der Waals surface area contributed by atoms with E-state index in [0.717, 1.165) is 30.8 Å². The average molecular weight is 195 g/mol. The van der Waals surface area contributed by atoms with Gasteiger partial charge in [0, 0.05) is 26.1 Å². The largest absolute Gasteiger partial charge is 0.428 e. The standard InChI is InChI=1S/C10H17N3O/c1-7(11)6-13(2)10-12-8-4-3-5-9(8)14-10/h7H,3-6,11H2,1-2H3. The molecule has 1 aliphatic carbocycles. The lowest BCUT2D eigenvalue weighted by molar-refractivity contribution is 0.496. The second-order valence-corrected chi connectivity index (χ2v) is 4.08. The van der Waals surface area contributed by atoms with Crippen molar-refractivity contribution >= 4 is 6.01 Å². The van der Waals surface area contributed by atoms with Crippen LogP contribution in [0.2, 0.25) is 0 Å². The molecule has 4 heteroatoms. The first kappa shape index (κ1) is 9.52. The number of aromatic nitrogens is 1. The van der Waals surface area contributed by atoms with E-state index in [2.05, 4.69) is 4.98 Å². The van der Waals surface area contributed by atoms with Crippen LogP contribution in [0.3, 0.4) is 0 Å². The van der Waals surface area contributed by atoms with Gasteiger partial charge in [-0.3, -0.25) is 0 Å². The zero-order chi connectivity index (χ0) is 10.1. The predicted octanol–water partition coefficient (Wildman–Crippen LogP) is 0.947. The molecule has 1 unspecified atom stereocenters. The van der Waals surface area contributed by atoms with Crippen molar-refractivity contribution in [2.75, 3.05) is 18.5 Å². The highest BCUT2D eigenvalue weighted by Crippen LogP contribution is 2.25. The Morgan fingerprint density at radius 2 is 2.36 bits per heavy atom. The van der Waals surface area contributed by atoms with E-state index in [0.29, 0.717) is 6.01 Å². The minimum absolute atomic E-state index is 0.141. The van der Waals surface area contributed by atoms with Crippen molar-refractivity contribution in [2.24, 2.45) is 5.73 Å². The van der Waals surface area contributed by atoms with Crippen LogP contribution >= 0.6 is 0 Å². The molecule has 1 aliphatic rings. The van der Waals surface area contributed by atoms with Crippen LogP contribution in [0.1, 0.15) is 24.8 Å². The summed E-state index contributed by atoms with van der Waals surface area (Å²) >= 11 is 0. The number of hydrogen-bond acceptors (Lipinski definition) is 4. The number of aryl methyl sites for hydroxylation is 2. The Morgan fingerprint density at radius 1 is 1.57 bits per heavy atom. The van der Waals surface area contributed by atoms with Gasteiger partial charge < -0.3 is 15.1 Å². The summed E-state index contributed by atoms with van der Waals surface area (Å²) in [4.78, 5) is 6.42. The third-order valence-corrected chi connectivity index (χ3v) is 2.47. The van der Waals surface area contributed by atoms with E-state index < -0.39 is 0 Å². The maximum Gasteiger partial charge on any atom is 0.297 e. The normalized spacial score (nSPS) is 16.8. The molecule has 2 rings (SSSR count). The summed E-state index contributed by atoms with van der Waals surface area (Å²) in [6.45, 7) is 2.76. The molecule has 1 aromatic heterocycles. The molecule has 0 amide bonds. The summed E-state index contributed by atoms with van der Waals surface area (Å²) in [7, 11) is 1.96. The van der Waals surface area contributed by atoms with Gasteiger partial charge in [0.2, 0.25) is 0 Å². The Labute approximate surface area is 84.1 Å². The van der Waals surface area contributed by atoms with Crippen molar-refractivity contribution in [1.82, 2.24) is 4.98 Å². The van der Waals surface area contributed by atoms with E-state index in [1.54, 1.807) is 0 Å². The summed E-state index contributed by atoms with van der Waals surface area (Å²) in [6, 6.07) is 0.855. The van der Waals surface area contributed by atoms with Gasteiger partial charge in [0.05, 0.1) is 5.69 Å². The summed E-state index contributed by atoms with van der Waals surface area (Å²) in [5, 5.41) is 0. The Kier molecular flexibility index (Phi) is 2.46. The third kappa shape index (κ3) is 1.75.